The minimum absolute atomic E-state index is 0.182. The van der Waals surface area contributed by atoms with E-state index in [4.69, 9.17) is 17.3 Å². The molecule has 0 aliphatic heterocycles. The van der Waals surface area contributed by atoms with Gasteiger partial charge in [-0.2, -0.15) is 18.3 Å². The number of aryl methyl sites for hydroxylation is 1. The van der Waals surface area contributed by atoms with Crippen molar-refractivity contribution < 1.29 is 17.6 Å². The van der Waals surface area contributed by atoms with Crippen LogP contribution in [0.3, 0.4) is 0 Å². The molecule has 8 heteroatoms. The molecule has 21 heavy (non-hydrogen) atoms. The van der Waals surface area contributed by atoms with Crippen molar-refractivity contribution in [2.75, 3.05) is 0 Å². The minimum atomic E-state index is -4.78. The smallest absolute Gasteiger partial charge is 0.319 e. The van der Waals surface area contributed by atoms with Gasteiger partial charge in [0.2, 0.25) is 0 Å². The summed E-state index contributed by atoms with van der Waals surface area (Å²) in [5, 5.41) is 4.12. The fourth-order valence-electron chi connectivity index (χ4n) is 2.09. The zero-order chi connectivity index (χ0) is 15.8. The number of nitrogens with two attached hydrogens (primary N) is 1. The molecule has 3 nitrogen and oxygen atoms in total. The summed E-state index contributed by atoms with van der Waals surface area (Å²) < 4.78 is 53.7. The summed E-state index contributed by atoms with van der Waals surface area (Å²) in [6.45, 7) is 2.18. The van der Waals surface area contributed by atoms with E-state index in [1.165, 1.54) is 16.9 Å². The van der Waals surface area contributed by atoms with Gasteiger partial charge in [-0.15, -0.1) is 0 Å². The molecular formula is C13H12ClF4N3. The van der Waals surface area contributed by atoms with Crippen molar-refractivity contribution in [3.63, 3.8) is 0 Å². The molecule has 0 saturated heterocycles. The summed E-state index contributed by atoms with van der Waals surface area (Å²) in [4.78, 5) is 0. The third-order valence-corrected chi connectivity index (χ3v) is 3.39. The molecule has 1 atom stereocenters. The molecule has 0 radical (unpaired) electrons. The third-order valence-electron chi connectivity index (χ3n) is 3.10. The number of benzene rings is 1. The van der Waals surface area contributed by atoms with Gasteiger partial charge in [-0.25, -0.2) is 4.39 Å². The van der Waals surface area contributed by atoms with E-state index in [1.54, 1.807) is 6.92 Å². The fourth-order valence-corrected chi connectivity index (χ4v) is 2.35. The van der Waals surface area contributed by atoms with E-state index in [0.717, 1.165) is 6.07 Å². The number of nitrogens with zero attached hydrogens (tertiary/aromatic N) is 2. The Morgan fingerprint density at radius 3 is 2.62 bits per heavy atom. The first-order valence-electron chi connectivity index (χ1n) is 6.09. The molecule has 1 aromatic carbocycles. The van der Waals surface area contributed by atoms with Crippen LogP contribution in [0.5, 0.6) is 0 Å². The summed E-state index contributed by atoms with van der Waals surface area (Å²) in [6.07, 6.45) is -3.46. The molecule has 1 unspecified atom stereocenters. The Bertz CT molecular complexity index is 651. The van der Waals surface area contributed by atoms with Crippen LogP contribution in [0.1, 0.15) is 29.8 Å². The van der Waals surface area contributed by atoms with Crippen molar-refractivity contribution in [1.82, 2.24) is 9.78 Å². The second-order valence-corrected chi connectivity index (χ2v) is 4.78. The number of halogens is 5. The van der Waals surface area contributed by atoms with Gasteiger partial charge in [0.25, 0.3) is 0 Å². The number of aromatic nitrogens is 2. The lowest BCUT2D eigenvalue weighted by Gasteiger charge is -2.17. The van der Waals surface area contributed by atoms with Crippen LogP contribution in [0.25, 0.3) is 0 Å². The predicted molar refractivity (Wildman–Crippen MR) is 70.3 cm³/mol. The number of hydrogen-bond acceptors (Lipinski definition) is 2. The lowest BCUT2D eigenvalue weighted by Crippen LogP contribution is -2.20. The van der Waals surface area contributed by atoms with E-state index in [-0.39, 0.29) is 16.3 Å². The molecule has 1 heterocycles. The predicted octanol–water partition coefficient (Wildman–Crippen LogP) is 3.76. The monoisotopic (exact) mass is 321 g/mol. The third kappa shape index (κ3) is 2.89. The highest BCUT2D eigenvalue weighted by Crippen LogP contribution is 2.35. The van der Waals surface area contributed by atoms with E-state index in [9.17, 15) is 17.6 Å². The molecule has 2 rings (SSSR count). The van der Waals surface area contributed by atoms with Crippen molar-refractivity contribution in [3.05, 3.63) is 52.1 Å². The highest BCUT2D eigenvalue weighted by molar-refractivity contribution is 6.31. The molecule has 1 aromatic heterocycles. The summed E-state index contributed by atoms with van der Waals surface area (Å²) >= 11 is 5.94. The van der Waals surface area contributed by atoms with E-state index in [2.05, 4.69) is 5.10 Å². The normalized spacial score (nSPS) is 13.5. The molecule has 0 fully saturated rings. The van der Waals surface area contributed by atoms with Crippen LogP contribution >= 0.6 is 11.6 Å². The van der Waals surface area contributed by atoms with E-state index >= 15 is 0 Å². The Kier molecular flexibility index (Phi) is 4.25. The largest absolute Gasteiger partial charge is 0.419 e. The van der Waals surface area contributed by atoms with Crippen LogP contribution in [0.2, 0.25) is 5.02 Å². The van der Waals surface area contributed by atoms with Crippen molar-refractivity contribution in [2.45, 2.75) is 25.7 Å². The van der Waals surface area contributed by atoms with E-state index in [0.29, 0.717) is 12.6 Å². The first-order valence-corrected chi connectivity index (χ1v) is 6.47. The second kappa shape index (κ2) is 5.65. The van der Waals surface area contributed by atoms with Gasteiger partial charge in [0.1, 0.15) is 5.82 Å². The van der Waals surface area contributed by atoms with Crippen molar-refractivity contribution in [1.29, 1.82) is 0 Å². The van der Waals surface area contributed by atoms with Crippen molar-refractivity contribution in [2.24, 2.45) is 5.73 Å². The average Bonchev–Trinajstić information content (AvgIpc) is 2.78. The molecule has 0 amide bonds. The lowest BCUT2D eigenvalue weighted by molar-refractivity contribution is -0.140. The second-order valence-electron chi connectivity index (χ2n) is 4.38. The fraction of sp³-hybridized carbons (Fsp3) is 0.308. The van der Waals surface area contributed by atoms with Gasteiger partial charge in [0, 0.05) is 12.1 Å². The molecule has 0 spiro atoms. The van der Waals surface area contributed by atoms with E-state index in [1.807, 2.05) is 0 Å². The Balaban J connectivity index is 2.54. The first-order chi connectivity index (χ1) is 9.77. The van der Waals surface area contributed by atoms with Crippen LogP contribution in [0, 0.1) is 5.82 Å². The Morgan fingerprint density at radius 1 is 1.38 bits per heavy atom. The lowest BCUT2D eigenvalue weighted by atomic mass is 10.0. The van der Waals surface area contributed by atoms with Gasteiger partial charge in [0.05, 0.1) is 28.5 Å². The molecule has 0 aliphatic carbocycles. The van der Waals surface area contributed by atoms with Gasteiger partial charge in [-0.1, -0.05) is 23.7 Å². The van der Waals surface area contributed by atoms with Crippen LogP contribution in [0.15, 0.2) is 24.4 Å². The summed E-state index contributed by atoms with van der Waals surface area (Å²) in [7, 11) is 0. The number of rotatable bonds is 3. The molecular weight excluding hydrogens is 310 g/mol. The highest BCUT2D eigenvalue weighted by atomic mass is 35.5. The van der Waals surface area contributed by atoms with Crippen LogP contribution < -0.4 is 5.73 Å². The van der Waals surface area contributed by atoms with Crippen LogP contribution in [-0.2, 0) is 12.7 Å². The SMILES string of the molecule is CCn1ncc(Cl)c1C(N)c1cccc(C(F)(F)F)c1F. The van der Waals surface area contributed by atoms with Gasteiger partial charge >= 0.3 is 6.18 Å². The summed E-state index contributed by atoms with van der Waals surface area (Å²) in [6, 6.07) is 1.85. The molecule has 114 valence electrons. The standard InChI is InChI=1S/C13H12ClF4N3/c1-2-21-12(9(14)6-20-21)11(19)7-4-3-5-8(10(7)15)13(16,17)18/h3-6,11H,2,19H2,1H3. The number of alkyl halides is 3. The Hall–Kier alpha value is -1.60. The van der Waals surface area contributed by atoms with Crippen molar-refractivity contribution in [3.8, 4) is 0 Å². The zero-order valence-corrected chi connectivity index (χ0v) is 11.7. The Morgan fingerprint density at radius 2 is 2.05 bits per heavy atom. The maximum Gasteiger partial charge on any atom is 0.419 e. The maximum absolute atomic E-state index is 14.1. The quantitative estimate of drug-likeness (QED) is 0.875. The molecule has 0 bridgehead atoms. The van der Waals surface area contributed by atoms with Crippen LogP contribution in [0.4, 0.5) is 17.6 Å². The number of hydrogen-bond donors (Lipinski definition) is 1. The molecule has 2 N–H and O–H groups in total. The Labute approximate surface area is 123 Å². The van der Waals surface area contributed by atoms with Gasteiger partial charge < -0.3 is 5.73 Å². The average molecular weight is 322 g/mol. The summed E-state index contributed by atoms with van der Waals surface area (Å²) in [5.74, 6) is -1.39. The van der Waals surface area contributed by atoms with Crippen LogP contribution in [-0.4, -0.2) is 9.78 Å². The molecule has 0 aliphatic rings. The molecule has 0 saturated carbocycles. The van der Waals surface area contributed by atoms with Gasteiger partial charge in [-0.3, -0.25) is 4.68 Å². The summed E-state index contributed by atoms with van der Waals surface area (Å²) in [5.41, 5.74) is 4.55. The van der Waals surface area contributed by atoms with Crippen molar-refractivity contribution >= 4 is 11.6 Å². The maximum atomic E-state index is 14.1. The zero-order valence-electron chi connectivity index (χ0n) is 11.0. The van der Waals surface area contributed by atoms with Gasteiger partial charge in [0.15, 0.2) is 0 Å². The minimum Gasteiger partial charge on any atom is -0.319 e. The molecule has 2 aromatic rings. The van der Waals surface area contributed by atoms with Gasteiger partial charge in [-0.05, 0) is 13.0 Å². The van der Waals surface area contributed by atoms with E-state index < -0.39 is 23.6 Å². The topological polar surface area (TPSA) is 43.8 Å². The first kappa shape index (κ1) is 15.8. The highest BCUT2D eigenvalue weighted by Gasteiger charge is 2.36.